The largest absolute Gasteiger partial charge is 0.434 e. The summed E-state index contributed by atoms with van der Waals surface area (Å²) in [7, 11) is 0. The number of rotatable bonds is 6. The normalized spacial score (nSPS) is 22.9. The molecular weight excluding hydrogens is 488 g/mol. The summed E-state index contributed by atoms with van der Waals surface area (Å²) in [6.45, 7) is 1.20. The van der Waals surface area contributed by atoms with Crippen LogP contribution in [-0.4, -0.2) is 55.9 Å². The van der Waals surface area contributed by atoms with Crippen molar-refractivity contribution in [1.82, 2.24) is 24.8 Å². The molecule has 2 aliphatic carbocycles. The fourth-order valence-electron chi connectivity index (χ4n) is 5.67. The average Bonchev–Trinajstić information content (AvgIpc) is 3.49. The zero-order valence-electron chi connectivity index (χ0n) is 19.8. The Hall–Kier alpha value is -3.63. The molecule has 2 saturated carbocycles. The molecule has 0 spiro atoms. The van der Waals surface area contributed by atoms with E-state index in [2.05, 4.69) is 19.9 Å². The van der Waals surface area contributed by atoms with Crippen molar-refractivity contribution >= 4 is 11.7 Å². The smallest absolute Gasteiger partial charge is 0.350 e. The van der Waals surface area contributed by atoms with Gasteiger partial charge in [0.25, 0.3) is 5.91 Å². The third-order valence-corrected chi connectivity index (χ3v) is 7.52. The molecule has 0 N–H and O–H groups in total. The number of nitrogens with zero attached hydrogens (tertiary/aromatic N) is 6. The molecule has 1 aromatic carbocycles. The van der Waals surface area contributed by atoms with Crippen LogP contribution in [-0.2, 0) is 6.18 Å². The number of aromatic nitrogens is 4. The Balaban J connectivity index is 1.30. The van der Waals surface area contributed by atoms with Crippen molar-refractivity contribution in [2.75, 3.05) is 18.0 Å². The molecule has 3 heterocycles. The van der Waals surface area contributed by atoms with Gasteiger partial charge in [0.1, 0.15) is 11.6 Å². The van der Waals surface area contributed by atoms with Crippen molar-refractivity contribution in [3.05, 3.63) is 66.1 Å². The predicted molar refractivity (Wildman–Crippen MR) is 126 cm³/mol. The van der Waals surface area contributed by atoms with Crippen LogP contribution in [0.2, 0.25) is 0 Å². The van der Waals surface area contributed by atoms with E-state index in [0.29, 0.717) is 24.8 Å². The Bertz CT molecular complexity index is 1300. The SMILES string of the molecule is O=C(c1cccc(F)c1-c1ncccn1)N1C[C@@H]2CC1C(N(CC1CC1)c1cnc(C(F)(F)F)cn1)C2. The van der Waals surface area contributed by atoms with Crippen molar-refractivity contribution in [1.29, 1.82) is 0 Å². The van der Waals surface area contributed by atoms with E-state index >= 15 is 0 Å². The highest BCUT2D eigenvalue weighted by atomic mass is 19.4. The monoisotopic (exact) mass is 512 g/mol. The molecular formula is C26H24F4N6O. The summed E-state index contributed by atoms with van der Waals surface area (Å²) in [5, 5.41) is 0. The first-order valence-electron chi connectivity index (χ1n) is 12.3. The highest BCUT2D eigenvalue weighted by Gasteiger charge is 2.50. The van der Waals surface area contributed by atoms with E-state index in [0.717, 1.165) is 31.9 Å². The number of hydrogen-bond donors (Lipinski definition) is 0. The summed E-state index contributed by atoms with van der Waals surface area (Å²) >= 11 is 0. The quantitative estimate of drug-likeness (QED) is 0.449. The summed E-state index contributed by atoms with van der Waals surface area (Å²) < 4.78 is 54.1. The first-order chi connectivity index (χ1) is 17.8. The molecule has 0 radical (unpaired) electrons. The number of halogens is 4. The molecule has 7 nitrogen and oxygen atoms in total. The zero-order valence-corrected chi connectivity index (χ0v) is 19.8. The first-order valence-corrected chi connectivity index (χ1v) is 12.3. The molecule has 2 aromatic heterocycles. The number of alkyl halides is 3. The Labute approximate surface area is 210 Å². The summed E-state index contributed by atoms with van der Waals surface area (Å²) in [5.74, 6) is 0.331. The second-order valence-electron chi connectivity index (χ2n) is 10.0. The molecule has 2 bridgehead atoms. The number of carbonyl (C=O) groups is 1. The maximum Gasteiger partial charge on any atom is 0.434 e. The van der Waals surface area contributed by atoms with Crippen LogP contribution < -0.4 is 4.90 Å². The van der Waals surface area contributed by atoms with Crippen LogP contribution in [0.5, 0.6) is 0 Å². The standard InChI is InChI=1S/C26H24F4N6O/c27-18-4-1-3-17(23(18)24-31-7-2-8-32-24)25(37)36-14-16-9-19(20(36)10-16)35(13-15-5-6-15)22-12-33-21(11-34-22)26(28,29)30/h1-4,7-8,11-12,15-16,19-20H,5-6,9-10,13-14H2/t16-,19?,20?/m0/s1. The molecule has 1 amide bonds. The second-order valence-corrected chi connectivity index (χ2v) is 10.0. The minimum Gasteiger partial charge on any atom is -0.350 e. The van der Waals surface area contributed by atoms with Crippen molar-refractivity contribution in [2.45, 2.75) is 43.9 Å². The lowest BCUT2D eigenvalue weighted by molar-refractivity contribution is -0.141. The molecule has 3 fully saturated rings. The maximum atomic E-state index is 14.9. The van der Waals surface area contributed by atoms with Crippen LogP contribution in [0.3, 0.4) is 0 Å². The topological polar surface area (TPSA) is 75.1 Å². The third kappa shape index (κ3) is 4.51. The molecule has 1 aliphatic heterocycles. The lowest BCUT2D eigenvalue weighted by atomic mass is 10.00. The number of benzene rings is 1. The maximum absolute atomic E-state index is 14.9. The van der Waals surface area contributed by atoms with Gasteiger partial charge in [-0.2, -0.15) is 13.2 Å². The fourth-order valence-corrected chi connectivity index (χ4v) is 5.67. The average molecular weight is 513 g/mol. The van der Waals surface area contributed by atoms with Gasteiger partial charge in [-0.1, -0.05) is 6.07 Å². The van der Waals surface area contributed by atoms with Gasteiger partial charge in [-0.25, -0.2) is 24.3 Å². The summed E-state index contributed by atoms with van der Waals surface area (Å²) in [4.78, 5) is 33.7. The van der Waals surface area contributed by atoms with Crippen LogP contribution in [0.15, 0.2) is 49.1 Å². The number of piperidine rings is 1. The lowest BCUT2D eigenvalue weighted by Gasteiger charge is -2.41. The molecule has 3 aliphatic rings. The van der Waals surface area contributed by atoms with E-state index in [1.165, 1.54) is 30.7 Å². The van der Waals surface area contributed by atoms with Gasteiger partial charge in [0.15, 0.2) is 11.5 Å². The van der Waals surface area contributed by atoms with Gasteiger partial charge in [0, 0.05) is 25.5 Å². The summed E-state index contributed by atoms with van der Waals surface area (Å²) in [6.07, 6.45) is 4.07. The van der Waals surface area contributed by atoms with Gasteiger partial charge in [0.05, 0.1) is 35.6 Å². The van der Waals surface area contributed by atoms with E-state index in [-0.39, 0.29) is 40.9 Å². The van der Waals surface area contributed by atoms with Gasteiger partial charge in [-0.3, -0.25) is 4.79 Å². The summed E-state index contributed by atoms with van der Waals surface area (Å²) in [6, 6.07) is 5.70. The molecule has 11 heteroatoms. The predicted octanol–water partition coefficient (Wildman–Crippen LogP) is 4.61. The second kappa shape index (κ2) is 9.04. The van der Waals surface area contributed by atoms with Crippen molar-refractivity contribution < 1.29 is 22.4 Å². The van der Waals surface area contributed by atoms with Crippen molar-refractivity contribution in [2.24, 2.45) is 11.8 Å². The highest BCUT2D eigenvalue weighted by molar-refractivity contribution is 6.00. The van der Waals surface area contributed by atoms with E-state index in [1.54, 1.807) is 17.0 Å². The summed E-state index contributed by atoms with van der Waals surface area (Å²) in [5.41, 5.74) is -0.773. The number of fused-ring (bicyclic) bond motifs is 2. The molecule has 1 saturated heterocycles. The molecule has 3 atom stereocenters. The Morgan fingerprint density at radius 1 is 1.03 bits per heavy atom. The van der Waals surface area contributed by atoms with Gasteiger partial charge >= 0.3 is 6.18 Å². The van der Waals surface area contributed by atoms with Crippen LogP contribution in [0, 0.1) is 17.7 Å². The highest BCUT2D eigenvalue weighted by Crippen LogP contribution is 2.44. The van der Waals surface area contributed by atoms with Gasteiger partial charge < -0.3 is 9.80 Å². The van der Waals surface area contributed by atoms with E-state index in [1.807, 2.05) is 4.90 Å². The number of hydrogen-bond acceptors (Lipinski definition) is 6. The fraction of sp³-hybridized carbons (Fsp3) is 0.423. The van der Waals surface area contributed by atoms with E-state index in [9.17, 15) is 22.4 Å². The molecule has 192 valence electrons. The number of carbonyl (C=O) groups excluding carboxylic acids is 1. The number of amides is 1. The first kappa shape index (κ1) is 23.7. The molecule has 6 rings (SSSR count). The number of likely N-dealkylation sites (tertiary alicyclic amines) is 1. The third-order valence-electron chi connectivity index (χ3n) is 7.52. The Morgan fingerprint density at radius 2 is 1.81 bits per heavy atom. The van der Waals surface area contributed by atoms with E-state index < -0.39 is 17.7 Å². The van der Waals surface area contributed by atoms with Crippen LogP contribution in [0.4, 0.5) is 23.4 Å². The minimum atomic E-state index is -4.56. The zero-order chi connectivity index (χ0) is 25.7. The van der Waals surface area contributed by atoms with Crippen molar-refractivity contribution in [3.8, 4) is 11.4 Å². The minimum absolute atomic E-state index is 0.0656. The van der Waals surface area contributed by atoms with E-state index in [4.69, 9.17) is 0 Å². The Kier molecular flexibility index (Phi) is 5.80. The van der Waals surface area contributed by atoms with Gasteiger partial charge in [0.2, 0.25) is 0 Å². The van der Waals surface area contributed by atoms with Gasteiger partial charge in [-0.15, -0.1) is 0 Å². The lowest BCUT2D eigenvalue weighted by Crippen LogP contribution is -2.53. The van der Waals surface area contributed by atoms with Crippen molar-refractivity contribution in [3.63, 3.8) is 0 Å². The molecule has 37 heavy (non-hydrogen) atoms. The van der Waals surface area contributed by atoms with Crippen LogP contribution in [0.25, 0.3) is 11.4 Å². The number of anilines is 1. The van der Waals surface area contributed by atoms with Crippen LogP contribution in [0.1, 0.15) is 41.7 Å². The van der Waals surface area contributed by atoms with Gasteiger partial charge in [-0.05, 0) is 55.7 Å². The molecule has 3 aromatic rings. The Morgan fingerprint density at radius 3 is 2.46 bits per heavy atom. The van der Waals surface area contributed by atoms with Crippen LogP contribution >= 0.6 is 0 Å². The molecule has 2 unspecified atom stereocenters.